The highest BCUT2D eigenvalue weighted by Gasteiger charge is 1.94. The van der Waals surface area contributed by atoms with Crippen LogP contribution in [-0.2, 0) is 0 Å². The Morgan fingerprint density at radius 1 is 1.45 bits per heavy atom. The van der Waals surface area contributed by atoms with Gasteiger partial charge in [-0.25, -0.2) is 0 Å². The number of carbonyl (C=O) groups is 1. The molecule has 0 heterocycles. The molecule has 0 aliphatic rings. The van der Waals surface area contributed by atoms with E-state index in [9.17, 15) is 4.79 Å². The Hall–Kier alpha value is -1.37. The molecule has 0 aliphatic carbocycles. The topological polar surface area (TPSA) is 17.1 Å². The van der Waals surface area contributed by atoms with E-state index in [1.165, 1.54) is 0 Å². The lowest BCUT2D eigenvalue weighted by Crippen LogP contribution is -1.84. The number of aryl methyl sites for hydroxylation is 1. The Morgan fingerprint density at radius 3 is 2.73 bits per heavy atom. The van der Waals surface area contributed by atoms with Crippen molar-refractivity contribution in [3.8, 4) is 0 Å². The molecule has 56 valence electrons. The van der Waals surface area contributed by atoms with Gasteiger partial charge in [-0.3, -0.25) is 4.79 Å². The zero-order chi connectivity index (χ0) is 8.27. The first-order valence-corrected chi connectivity index (χ1v) is 3.46. The van der Waals surface area contributed by atoms with E-state index < -0.39 is 0 Å². The Kier molecular flexibility index (Phi) is 2.21. The summed E-state index contributed by atoms with van der Waals surface area (Å²) in [5.41, 5.74) is 2.87. The monoisotopic (exact) mass is 146 g/mol. The van der Waals surface area contributed by atoms with E-state index >= 15 is 0 Å². The maximum absolute atomic E-state index is 10.4. The molecule has 0 radical (unpaired) electrons. The van der Waals surface area contributed by atoms with Crippen molar-refractivity contribution >= 4 is 12.4 Å². The summed E-state index contributed by atoms with van der Waals surface area (Å²) in [5.74, 6) is 0. The minimum Gasteiger partial charge on any atom is -0.298 e. The molecule has 0 fully saturated rings. The lowest BCUT2D eigenvalue weighted by atomic mass is 10.1. The van der Waals surface area contributed by atoms with Gasteiger partial charge in [0.1, 0.15) is 6.29 Å². The van der Waals surface area contributed by atoms with Crippen LogP contribution in [0.15, 0.2) is 24.8 Å². The Balaban J connectivity index is 3.22. The largest absolute Gasteiger partial charge is 0.298 e. The van der Waals surface area contributed by atoms with Gasteiger partial charge in [0.2, 0.25) is 0 Å². The van der Waals surface area contributed by atoms with Gasteiger partial charge >= 0.3 is 0 Å². The van der Waals surface area contributed by atoms with E-state index in [1.54, 1.807) is 12.1 Å². The zero-order valence-corrected chi connectivity index (χ0v) is 6.50. The van der Waals surface area contributed by atoms with Gasteiger partial charge in [-0.2, -0.15) is 0 Å². The highest BCUT2D eigenvalue weighted by molar-refractivity contribution is 5.76. The van der Waals surface area contributed by atoms with Gasteiger partial charge in [0.15, 0.2) is 0 Å². The minimum absolute atomic E-state index is 0.700. The Bertz CT molecular complexity index is 287. The summed E-state index contributed by atoms with van der Waals surface area (Å²) in [6, 6.07) is 5.55. The third kappa shape index (κ3) is 1.55. The van der Waals surface area contributed by atoms with Crippen LogP contribution < -0.4 is 0 Å². The number of hydrogen-bond donors (Lipinski definition) is 0. The molecule has 0 saturated carbocycles. The van der Waals surface area contributed by atoms with Crippen molar-refractivity contribution in [1.82, 2.24) is 0 Å². The number of hydrogen-bond acceptors (Lipinski definition) is 1. The third-order valence-electron chi connectivity index (χ3n) is 1.66. The van der Waals surface area contributed by atoms with Crippen LogP contribution in [0.2, 0.25) is 0 Å². The van der Waals surface area contributed by atoms with Gasteiger partial charge in [0, 0.05) is 5.56 Å². The lowest BCUT2D eigenvalue weighted by molar-refractivity contribution is 0.112. The summed E-state index contributed by atoms with van der Waals surface area (Å²) in [4.78, 5) is 10.4. The van der Waals surface area contributed by atoms with E-state index in [2.05, 4.69) is 6.58 Å². The van der Waals surface area contributed by atoms with E-state index in [0.29, 0.717) is 5.56 Å². The molecule has 0 N–H and O–H groups in total. The van der Waals surface area contributed by atoms with Crippen LogP contribution in [0.1, 0.15) is 21.5 Å². The van der Waals surface area contributed by atoms with Crippen molar-refractivity contribution in [2.45, 2.75) is 6.92 Å². The van der Waals surface area contributed by atoms with Gasteiger partial charge in [-0.15, -0.1) is 0 Å². The highest BCUT2D eigenvalue weighted by Crippen LogP contribution is 2.10. The average molecular weight is 146 g/mol. The SMILES string of the molecule is C=Cc1cc(C=O)ccc1C. The zero-order valence-electron chi connectivity index (χ0n) is 6.50. The normalized spacial score (nSPS) is 9.18. The van der Waals surface area contributed by atoms with Crippen molar-refractivity contribution in [2.75, 3.05) is 0 Å². The van der Waals surface area contributed by atoms with E-state index in [4.69, 9.17) is 0 Å². The number of aldehydes is 1. The molecule has 0 aromatic heterocycles. The van der Waals surface area contributed by atoms with Crippen molar-refractivity contribution in [2.24, 2.45) is 0 Å². The highest BCUT2D eigenvalue weighted by atomic mass is 16.1. The Morgan fingerprint density at radius 2 is 2.18 bits per heavy atom. The van der Waals surface area contributed by atoms with E-state index in [0.717, 1.165) is 17.4 Å². The summed E-state index contributed by atoms with van der Waals surface area (Å²) in [7, 11) is 0. The number of carbonyl (C=O) groups excluding carboxylic acids is 1. The van der Waals surface area contributed by atoms with Crippen molar-refractivity contribution in [1.29, 1.82) is 0 Å². The molecule has 1 rings (SSSR count). The van der Waals surface area contributed by atoms with Crippen molar-refractivity contribution in [3.05, 3.63) is 41.5 Å². The molecule has 1 nitrogen and oxygen atoms in total. The van der Waals surface area contributed by atoms with Gasteiger partial charge in [-0.1, -0.05) is 24.8 Å². The number of rotatable bonds is 2. The first-order valence-electron chi connectivity index (χ1n) is 3.46. The molecule has 1 heteroatoms. The maximum Gasteiger partial charge on any atom is 0.150 e. The molecule has 0 amide bonds. The molecule has 0 spiro atoms. The summed E-state index contributed by atoms with van der Waals surface area (Å²) in [5, 5.41) is 0. The van der Waals surface area contributed by atoms with Crippen molar-refractivity contribution < 1.29 is 4.79 Å². The average Bonchev–Trinajstić information content (AvgIpc) is 2.05. The van der Waals surface area contributed by atoms with Gasteiger partial charge in [0.05, 0.1) is 0 Å². The predicted octanol–water partition coefficient (Wildman–Crippen LogP) is 2.45. The first kappa shape index (κ1) is 7.73. The summed E-state index contributed by atoms with van der Waals surface area (Å²) in [6.07, 6.45) is 2.59. The molecule has 0 aliphatic heterocycles. The van der Waals surface area contributed by atoms with Crippen molar-refractivity contribution in [3.63, 3.8) is 0 Å². The fourth-order valence-electron chi connectivity index (χ4n) is 0.952. The van der Waals surface area contributed by atoms with Gasteiger partial charge in [-0.05, 0) is 24.1 Å². The van der Waals surface area contributed by atoms with Crippen LogP contribution in [-0.4, -0.2) is 6.29 Å². The van der Waals surface area contributed by atoms with Crippen LogP contribution in [0.25, 0.3) is 6.08 Å². The molecular formula is C10H10O. The van der Waals surface area contributed by atoms with Crippen LogP contribution in [0.5, 0.6) is 0 Å². The van der Waals surface area contributed by atoms with E-state index in [-0.39, 0.29) is 0 Å². The standard InChI is InChI=1S/C10H10O/c1-3-10-6-9(7-11)5-4-8(10)2/h3-7H,1H2,2H3. The number of benzene rings is 1. The van der Waals surface area contributed by atoms with Gasteiger partial charge < -0.3 is 0 Å². The van der Waals surface area contributed by atoms with Crippen LogP contribution in [0.3, 0.4) is 0 Å². The fourth-order valence-corrected chi connectivity index (χ4v) is 0.952. The van der Waals surface area contributed by atoms with Crippen LogP contribution >= 0.6 is 0 Å². The second-order valence-corrected chi connectivity index (χ2v) is 2.44. The molecule has 1 aromatic rings. The van der Waals surface area contributed by atoms with E-state index in [1.807, 2.05) is 19.1 Å². The third-order valence-corrected chi connectivity index (χ3v) is 1.66. The maximum atomic E-state index is 10.4. The molecule has 0 saturated heterocycles. The summed E-state index contributed by atoms with van der Waals surface area (Å²) < 4.78 is 0. The summed E-state index contributed by atoms with van der Waals surface area (Å²) in [6.45, 7) is 5.64. The summed E-state index contributed by atoms with van der Waals surface area (Å²) >= 11 is 0. The predicted molar refractivity (Wildman–Crippen MR) is 46.7 cm³/mol. The minimum atomic E-state index is 0.700. The molecule has 1 aromatic carbocycles. The smallest absolute Gasteiger partial charge is 0.150 e. The molecule has 0 atom stereocenters. The van der Waals surface area contributed by atoms with Crippen LogP contribution in [0, 0.1) is 6.92 Å². The molecular weight excluding hydrogens is 136 g/mol. The molecule has 11 heavy (non-hydrogen) atoms. The second kappa shape index (κ2) is 3.15. The first-order chi connectivity index (χ1) is 5.27. The quantitative estimate of drug-likeness (QED) is 0.586. The molecule has 0 unspecified atom stereocenters. The Labute approximate surface area is 66.4 Å². The van der Waals surface area contributed by atoms with Crippen LogP contribution in [0.4, 0.5) is 0 Å². The lowest BCUT2D eigenvalue weighted by Gasteiger charge is -1.99. The van der Waals surface area contributed by atoms with Gasteiger partial charge in [0.25, 0.3) is 0 Å². The molecule has 0 bridgehead atoms. The second-order valence-electron chi connectivity index (χ2n) is 2.44. The fraction of sp³-hybridized carbons (Fsp3) is 0.100.